The van der Waals surface area contributed by atoms with Gasteiger partial charge in [0.25, 0.3) is 0 Å². The maximum Gasteiger partial charge on any atom is 0.0917 e. The number of pyridine rings is 1. The Hall–Kier alpha value is -1.33. The van der Waals surface area contributed by atoms with Crippen molar-refractivity contribution in [3.8, 4) is 0 Å². The maximum absolute atomic E-state index is 5.15. The number of hydrogen-bond donors (Lipinski definition) is 4. The standard InChI is InChI=1S/C5H9N5/c6-9-4-1-2-8-3-5(4)10-7/h1-3,10H,6-7H2,(H,8,9). The summed E-state index contributed by atoms with van der Waals surface area (Å²) in [4.78, 5) is 3.83. The van der Waals surface area contributed by atoms with Gasteiger partial charge in [-0.3, -0.25) is 16.7 Å². The van der Waals surface area contributed by atoms with Gasteiger partial charge in [0.1, 0.15) is 0 Å². The molecule has 54 valence electrons. The molecule has 1 heterocycles. The number of hydrogen-bond acceptors (Lipinski definition) is 5. The highest BCUT2D eigenvalue weighted by molar-refractivity contribution is 5.65. The number of aromatic nitrogens is 1. The number of rotatable bonds is 2. The summed E-state index contributed by atoms with van der Waals surface area (Å²) in [6.45, 7) is 0. The number of anilines is 2. The van der Waals surface area contributed by atoms with E-state index in [1.165, 1.54) is 0 Å². The van der Waals surface area contributed by atoms with E-state index in [2.05, 4.69) is 15.8 Å². The Morgan fingerprint density at radius 3 is 2.40 bits per heavy atom. The number of nitrogens with two attached hydrogens (primary N) is 2. The Kier molecular flexibility index (Phi) is 2.03. The Labute approximate surface area is 58.4 Å². The van der Waals surface area contributed by atoms with Crippen molar-refractivity contribution in [2.24, 2.45) is 11.7 Å². The molecular formula is C5H9N5. The fraction of sp³-hybridized carbons (Fsp3) is 0. The van der Waals surface area contributed by atoms with Crippen molar-refractivity contribution in [2.45, 2.75) is 0 Å². The zero-order valence-electron chi connectivity index (χ0n) is 5.33. The minimum atomic E-state index is 0.671. The zero-order valence-corrected chi connectivity index (χ0v) is 5.33. The fourth-order valence-corrected chi connectivity index (χ4v) is 0.635. The van der Waals surface area contributed by atoms with E-state index in [1.54, 1.807) is 18.5 Å². The van der Waals surface area contributed by atoms with Gasteiger partial charge < -0.3 is 10.9 Å². The molecule has 5 nitrogen and oxygen atoms in total. The highest BCUT2D eigenvalue weighted by atomic mass is 15.3. The van der Waals surface area contributed by atoms with E-state index in [0.717, 1.165) is 5.69 Å². The molecule has 0 fully saturated rings. The molecule has 10 heavy (non-hydrogen) atoms. The zero-order chi connectivity index (χ0) is 7.40. The molecule has 0 radical (unpaired) electrons. The molecule has 0 amide bonds. The Morgan fingerprint density at radius 2 is 1.90 bits per heavy atom. The van der Waals surface area contributed by atoms with E-state index in [4.69, 9.17) is 11.7 Å². The lowest BCUT2D eigenvalue weighted by atomic mass is 10.4. The monoisotopic (exact) mass is 139 g/mol. The van der Waals surface area contributed by atoms with Gasteiger partial charge in [-0.15, -0.1) is 0 Å². The molecule has 1 aromatic rings. The normalized spacial score (nSPS) is 9.00. The molecule has 0 unspecified atom stereocenters. The van der Waals surface area contributed by atoms with Gasteiger partial charge in [0, 0.05) is 6.20 Å². The Bertz CT molecular complexity index is 188. The van der Waals surface area contributed by atoms with Crippen molar-refractivity contribution in [3.63, 3.8) is 0 Å². The van der Waals surface area contributed by atoms with Gasteiger partial charge in [-0.1, -0.05) is 0 Å². The molecule has 6 N–H and O–H groups in total. The Balaban J connectivity index is 2.96. The van der Waals surface area contributed by atoms with Gasteiger partial charge in [-0.25, -0.2) is 0 Å². The third kappa shape index (κ3) is 1.15. The van der Waals surface area contributed by atoms with E-state index in [1.807, 2.05) is 0 Å². The van der Waals surface area contributed by atoms with Crippen molar-refractivity contribution in [3.05, 3.63) is 18.5 Å². The van der Waals surface area contributed by atoms with Crippen LogP contribution in [0.25, 0.3) is 0 Å². The number of nitrogens with one attached hydrogen (secondary N) is 2. The van der Waals surface area contributed by atoms with Crippen LogP contribution < -0.4 is 22.5 Å². The molecule has 0 spiro atoms. The number of nitrogens with zero attached hydrogens (tertiary/aromatic N) is 1. The fourth-order valence-electron chi connectivity index (χ4n) is 0.635. The smallest absolute Gasteiger partial charge is 0.0917 e. The largest absolute Gasteiger partial charge is 0.322 e. The summed E-state index contributed by atoms with van der Waals surface area (Å²) in [7, 11) is 0. The molecule has 1 rings (SSSR count). The lowest BCUT2D eigenvalue weighted by molar-refractivity contribution is 1.24. The molecule has 0 atom stereocenters. The summed E-state index contributed by atoms with van der Waals surface area (Å²) >= 11 is 0. The van der Waals surface area contributed by atoms with Gasteiger partial charge in [0.05, 0.1) is 17.6 Å². The quantitative estimate of drug-likeness (QED) is 0.332. The van der Waals surface area contributed by atoms with Crippen LogP contribution in [0.3, 0.4) is 0 Å². The molecular weight excluding hydrogens is 130 g/mol. The lowest BCUT2D eigenvalue weighted by Crippen LogP contribution is -2.13. The summed E-state index contributed by atoms with van der Waals surface area (Å²) in [5.41, 5.74) is 6.30. The molecule has 0 saturated carbocycles. The minimum Gasteiger partial charge on any atom is -0.322 e. The predicted molar refractivity (Wildman–Crippen MR) is 39.9 cm³/mol. The Morgan fingerprint density at radius 1 is 1.20 bits per heavy atom. The number of nitrogen functional groups attached to an aromatic ring is 2. The van der Waals surface area contributed by atoms with Gasteiger partial charge >= 0.3 is 0 Å². The van der Waals surface area contributed by atoms with Gasteiger partial charge in [0.15, 0.2) is 0 Å². The minimum absolute atomic E-state index is 0.671. The van der Waals surface area contributed by atoms with Gasteiger partial charge in [-0.2, -0.15) is 0 Å². The van der Waals surface area contributed by atoms with Crippen molar-refractivity contribution in [1.82, 2.24) is 4.98 Å². The molecule has 0 bridgehead atoms. The van der Waals surface area contributed by atoms with Crippen LogP contribution in [0.2, 0.25) is 0 Å². The van der Waals surface area contributed by atoms with Crippen LogP contribution in [-0.2, 0) is 0 Å². The second-order valence-corrected chi connectivity index (χ2v) is 1.71. The highest BCUT2D eigenvalue weighted by Gasteiger charge is 1.94. The molecule has 0 aliphatic heterocycles. The molecule has 1 aromatic heterocycles. The summed E-state index contributed by atoms with van der Waals surface area (Å²) in [6.07, 6.45) is 3.20. The molecule has 0 aromatic carbocycles. The van der Waals surface area contributed by atoms with Gasteiger partial charge in [0.2, 0.25) is 0 Å². The summed E-state index contributed by atoms with van der Waals surface area (Å²) in [6, 6.07) is 1.72. The SMILES string of the molecule is NNc1ccncc1NN. The van der Waals surface area contributed by atoms with E-state index in [-0.39, 0.29) is 0 Å². The van der Waals surface area contributed by atoms with Crippen molar-refractivity contribution in [2.75, 3.05) is 10.9 Å². The van der Waals surface area contributed by atoms with Crippen molar-refractivity contribution in [1.29, 1.82) is 0 Å². The first-order chi connectivity index (χ1) is 4.88. The van der Waals surface area contributed by atoms with Crippen LogP contribution in [0.4, 0.5) is 11.4 Å². The third-order valence-electron chi connectivity index (χ3n) is 1.13. The van der Waals surface area contributed by atoms with E-state index in [0.29, 0.717) is 5.69 Å². The topological polar surface area (TPSA) is 89.0 Å². The van der Waals surface area contributed by atoms with Crippen LogP contribution >= 0.6 is 0 Å². The van der Waals surface area contributed by atoms with E-state index >= 15 is 0 Å². The third-order valence-corrected chi connectivity index (χ3v) is 1.13. The van der Waals surface area contributed by atoms with Crippen molar-refractivity contribution >= 4 is 11.4 Å². The predicted octanol–water partition coefficient (Wildman–Crippen LogP) is -0.347. The van der Waals surface area contributed by atoms with Crippen molar-refractivity contribution < 1.29 is 0 Å². The summed E-state index contributed by atoms with van der Waals surface area (Å²) in [5, 5.41) is 0. The average molecular weight is 139 g/mol. The molecule has 0 saturated heterocycles. The van der Waals surface area contributed by atoms with Crippen LogP contribution in [0.15, 0.2) is 18.5 Å². The number of hydrazine groups is 2. The first-order valence-corrected chi connectivity index (χ1v) is 2.75. The second kappa shape index (κ2) is 3.00. The van der Waals surface area contributed by atoms with E-state index < -0.39 is 0 Å². The molecule has 0 aliphatic carbocycles. The summed E-state index contributed by atoms with van der Waals surface area (Å²) in [5.74, 6) is 10.3. The highest BCUT2D eigenvalue weighted by Crippen LogP contribution is 2.15. The molecule has 5 heteroatoms. The first kappa shape index (κ1) is 6.79. The first-order valence-electron chi connectivity index (χ1n) is 2.75. The van der Waals surface area contributed by atoms with Crippen LogP contribution in [0, 0.1) is 0 Å². The van der Waals surface area contributed by atoms with Crippen LogP contribution in [-0.4, -0.2) is 4.98 Å². The summed E-state index contributed by atoms with van der Waals surface area (Å²) < 4.78 is 0. The maximum atomic E-state index is 5.15. The molecule has 0 aliphatic rings. The second-order valence-electron chi connectivity index (χ2n) is 1.71. The van der Waals surface area contributed by atoms with E-state index in [9.17, 15) is 0 Å². The van der Waals surface area contributed by atoms with Crippen LogP contribution in [0.5, 0.6) is 0 Å². The lowest BCUT2D eigenvalue weighted by Gasteiger charge is -2.04. The average Bonchev–Trinajstić information content (AvgIpc) is 2.04. The van der Waals surface area contributed by atoms with Crippen LogP contribution in [0.1, 0.15) is 0 Å². The van der Waals surface area contributed by atoms with Gasteiger partial charge in [-0.05, 0) is 6.07 Å².